The molecule has 0 spiro atoms. The molecule has 1 saturated carbocycles. The standard InChI is InChI=1S/C29H38N6O2/c1-20-5-7-23(8-6-20)32-26-18-21(9-12-31-26)25-17-22-19-30-11-10-24(22)27(33-25)34-13-15-35(16-14-34)28(36)37-29(2,3)4/h9-12,17-20,23H,5-8,13-16H2,1-4H3,(H,31,32). The van der Waals surface area contributed by atoms with Crippen molar-refractivity contribution in [1.29, 1.82) is 0 Å². The molecule has 196 valence electrons. The number of nitrogens with zero attached hydrogens (tertiary/aromatic N) is 5. The van der Waals surface area contributed by atoms with Crippen LogP contribution in [-0.2, 0) is 4.74 Å². The Bertz CT molecular complexity index is 1240. The maximum absolute atomic E-state index is 12.5. The van der Waals surface area contributed by atoms with Gasteiger partial charge in [0.25, 0.3) is 0 Å². The fourth-order valence-electron chi connectivity index (χ4n) is 5.18. The molecule has 2 aliphatic rings. The van der Waals surface area contributed by atoms with Gasteiger partial charge < -0.3 is 19.9 Å². The number of fused-ring (bicyclic) bond motifs is 1. The highest BCUT2D eigenvalue weighted by molar-refractivity contribution is 5.94. The van der Waals surface area contributed by atoms with Crippen molar-refractivity contribution < 1.29 is 9.53 Å². The molecule has 0 radical (unpaired) electrons. The van der Waals surface area contributed by atoms with Crippen LogP contribution in [0.1, 0.15) is 53.4 Å². The van der Waals surface area contributed by atoms with Crippen LogP contribution in [0.2, 0.25) is 0 Å². The van der Waals surface area contributed by atoms with Crippen molar-refractivity contribution in [3.05, 3.63) is 42.9 Å². The maximum atomic E-state index is 12.5. The van der Waals surface area contributed by atoms with Gasteiger partial charge in [0.15, 0.2) is 0 Å². The maximum Gasteiger partial charge on any atom is 0.410 e. The minimum absolute atomic E-state index is 0.257. The summed E-state index contributed by atoms with van der Waals surface area (Å²) < 4.78 is 5.57. The quantitative estimate of drug-likeness (QED) is 0.487. The Labute approximate surface area is 219 Å². The number of amides is 1. The molecular formula is C29H38N6O2. The predicted octanol–water partition coefficient (Wildman–Crippen LogP) is 5.74. The van der Waals surface area contributed by atoms with Crippen LogP contribution in [0.25, 0.3) is 22.0 Å². The Balaban J connectivity index is 1.37. The van der Waals surface area contributed by atoms with Gasteiger partial charge in [-0.3, -0.25) is 4.98 Å². The summed E-state index contributed by atoms with van der Waals surface area (Å²) in [4.78, 5) is 30.7. The molecule has 0 bridgehead atoms. The molecule has 1 saturated heterocycles. The number of carbonyl (C=O) groups excluding carboxylic acids is 1. The molecule has 0 aromatic carbocycles. The lowest BCUT2D eigenvalue weighted by molar-refractivity contribution is 0.0240. The zero-order chi connectivity index (χ0) is 26.0. The summed E-state index contributed by atoms with van der Waals surface area (Å²) >= 11 is 0. The molecule has 1 N–H and O–H groups in total. The van der Waals surface area contributed by atoms with E-state index in [1.807, 2.05) is 51.5 Å². The van der Waals surface area contributed by atoms with Crippen LogP contribution in [-0.4, -0.2) is 63.8 Å². The minimum Gasteiger partial charge on any atom is -0.444 e. The predicted molar refractivity (Wildman–Crippen MR) is 148 cm³/mol. The number of nitrogens with one attached hydrogen (secondary N) is 1. The smallest absolute Gasteiger partial charge is 0.410 e. The highest BCUT2D eigenvalue weighted by atomic mass is 16.6. The van der Waals surface area contributed by atoms with E-state index in [1.165, 1.54) is 25.7 Å². The molecule has 4 heterocycles. The second-order valence-corrected chi connectivity index (χ2v) is 11.4. The molecule has 8 nitrogen and oxygen atoms in total. The number of pyridine rings is 3. The fraction of sp³-hybridized carbons (Fsp3) is 0.517. The van der Waals surface area contributed by atoms with E-state index < -0.39 is 5.60 Å². The van der Waals surface area contributed by atoms with E-state index in [0.29, 0.717) is 32.2 Å². The average molecular weight is 503 g/mol. The average Bonchev–Trinajstić information content (AvgIpc) is 2.89. The van der Waals surface area contributed by atoms with Crippen LogP contribution >= 0.6 is 0 Å². The second-order valence-electron chi connectivity index (χ2n) is 11.4. The van der Waals surface area contributed by atoms with E-state index >= 15 is 0 Å². The van der Waals surface area contributed by atoms with Gasteiger partial charge in [0, 0.05) is 67.1 Å². The number of carbonyl (C=O) groups is 1. The molecule has 37 heavy (non-hydrogen) atoms. The Kier molecular flexibility index (Phi) is 7.17. The summed E-state index contributed by atoms with van der Waals surface area (Å²) in [7, 11) is 0. The van der Waals surface area contributed by atoms with Crippen molar-refractivity contribution in [2.45, 2.75) is 65.0 Å². The molecule has 0 atom stereocenters. The highest BCUT2D eigenvalue weighted by Crippen LogP contribution is 2.32. The van der Waals surface area contributed by atoms with Gasteiger partial charge in [-0.05, 0) is 76.6 Å². The number of aromatic nitrogens is 3. The Morgan fingerprint density at radius 2 is 1.78 bits per heavy atom. The van der Waals surface area contributed by atoms with Crippen molar-refractivity contribution in [2.75, 3.05) is 36.4 Å². The van der Waals surface area contributed by atoms with E-state index in [0.717, 1.165) is 39.6 Å². The molecule has 3 aromatic heterocycles. The topological polar surface area (TPSA) is 83.5 Å². The largest absolute Gasteiger partial charge is 0.444 e. The molecule has 3 aromatic rings. The normalized spacial score (nSPS) is 20.6. The van der Waals surface area contributed by atoms with Gasteiger partial charge in [-0.15, -0.1) is 0 Å². The zero-order valence-corrected chi connectivity index (χ0v) is 22.4. The van der Waals surface area contributed by atoms with Gasteiger partial charge in [0.1, 0.15) is 17.2 Å². The summed E-state index contributed by atoms with van der Waals surface area (Å²) in [6.45, 7) is 10.6. The molecular weight excluding hydrogens is 464 g/mol. The first-order valence-corrected chi connectivity index (χ1v) is 13.5. The highest BCUT2D eigenvalue weighted by Gasteiger charge is 2.27. The first-order chi connectivity index (χ1) is 17.7. The van der Waals surface area contributed by atoms with E-state index in [4.69, 9.17) is 9.72 Å². The lowest BCUT2D eigenvalue weighted by atomic mass is 9.87. The van der Waals surface area contributed by atoms with E-state index in [1.54, 1.807) is 4.90 Å². The first kappa shape index (κ1) is 25.2. The van der Waals surface area contributed by atoms with Gasteiger partial charge in [-0.2, -0.15) is 0 Å². The van der Waals surface area contributed by atoms with Crippen molar-refractivity contribution >= 4 is 28.5 Å². The number of anilines is 2. The van der Waals surface area contributed by atoms with Crippen molar-refractivity contribution in [3.63, 3.8) is 0 Å². The lowest BCUT2D eigenvalue weighted by Gasteiger charge is -2.36. The van der Waals surface area contributed by atoms with Crippen LogP contribution in [0.3, 0.4) is 0 Å². The van der Waals surface area contributed by atoms with Gasteiger partial charge in [0.05, 0.1) is 5.69 Å². The Hall–Kier alpha value is -3.42. The monoisotopic (exact) mass is 502 g/mol. The molecule has 1 aliphatic heterocycles. The third kappa shape index (κ3) is 6.12. The van der Waals surface area contributed by atoms with Crippen LogP contribution < -0.4 is 10.2 Å². The van der Waals surface area contributed by atoms with E-state index in [9.17, 15) is 4.79 Å². The van der Waals surface area contributed by atoms with Crippen molar-refractivity contribution in [2.24, 2.45) is 5.92 Å². The Morgan fingerprint density at radius 3 is 2.51 bits per heavy atom. The van der Waals surface area contributed by atoms with Gasteiger partial charge in [0.2, 0.25) is 0 Å². The van der Waals surface area contributed by atoms with Crippen molar-refractivity contribution in [1.82, 2.24) is 19.9 Å². The zero-order valence-electron chi connectivity index (χ0n) is 22.4. The van der Waals surface area contributed by atoms with Crippen LogP contribution in [0.4, 0.5) is 16.4 Å². The summed E-state index contributed by atoms with van der Waals surface area (Å²) in [5, 5.41) is 5.76. The van der Waals surface area contributed by atoms with Gasteiger partial charge in [-0.25, -0.2) is 14.8 Å². The summed E-state index contributed by atoms with van der Waals surface area (Å²) in [5.41, 5.74) is 1.43. The summed E-state index contributed by atoms with van der Waals surface area (Å²) in [6.07, 6.45) is 10.2. The number of ether oxygens (including phenoxy) is 1. The molecule has 8 heteroatoms. The molecule has 1 aliphatic carbocycles. The molecule has 5 rings (SSSR count). The number of hydrogen-bond donors (Lipinski definition) is 1. The third-order valence-electron chi connectivity index (χ3n) is 7.27. The number of rotatable bonds is 4. The minimum atomic E-state index is -0.499. The molecule has 1 amide bonds. The van der Waals surface area contributed by atoms with E-state index in [-0.39, 0.29) is 6.09 Å². The molecule has 2 fully saturated rings. The van der Waals surface area contributed by atoms with Gasteiger partial charge in [-0.1, -0.05) is 6.92 Å². The summed E-state index contributed by atoms with van der Waals surface area (Å²) in [6, 6.07) is 8.72. The van der Waals surface area contributed by atoms with Crippen LogP contribution in [0, 0.1) is 5.92 Å². The second kappa shape index (κ2) is 10.5. The Morgan fingerprint density at radius 1 is 1.03 bits per heavy atom. The van der Waals surface area contributed by atoms with Crippen LogP contribution in [0.15, 0.2) is 42.9 Å². The lowest BCUT2D eigenvalue weighted by Crippen LogP contribution is -2.50. The number of piperazine rings is 1. The SMILES string of the molecule is CC1CCC(Nc2cc(-c3cc4cnccc4c(N4CCN(C(=O)OC(C)(C)C)CC4)n3)ccn2)CC1. The van der Waals surface area contributed by atoms with E-state index in [2.05, 4.69) is 39.2 Å². The number of hydrogen-bond acceptors (Lipinski definition) is 7. The van der Waals surface area contributed by atoms with Crippen molar-refractivity contribution in [3.8, 4) is 11.3 Å². The summed E-state index contributed by atoms with van der Waals surface area (Å²) in [5.74, 6) is 2.64. The van der Waals surface area contributed by atoms with Gasteiger partial charge >= 0.3 is 6.09 Å². The molecule has 0 unspecified atom stereocenters. The van der Waals surface area contributed by atoms with Crippen LogP contribution in [0.5, 0.6) is 0 Å². The first-order valence-electron chi connectivity index (χ1n) is 13.5. The third-order valence-corrected chi connectivity index (χ3v) is 7.27. The fourth-order valence-corrected chi connectivity index (χ4v) is 5.18.